The number of carbonyl (C=O) groups excluding carboxylic acids is 1. The molecule has 1 amide bonds. The first kappa shape index (κ1) is 13.8. The molecular weight excluding hydrogens is 290 g/mol. The van der Waals surface area contributed by atoms with Crippen LogP contribution in [0.2, 0.25) is 0 Å². The van der Waals surface area contributed by atoms with Gasteiger partial charge < -0.3 is 5.73 Å². The summed E-state index contributed by atoms with van der Waals surface area (Å²) in [6.07, 6.45) is 3.69. The molecule has 0 atom stereocenters. The Morgan fingerprint density at radius 2 is 2.26 bits per heavy atom. The normalized spacial score (nSPS) is 12.7. The van der Waals surface area contributed by atoms with Gasteiger partial charge in [0.15, 0.2) is 0 Å². The number of primary amides is 1. The first-order valence-corrected chi connectivity index (χ1v) is 7.62. The van der Waals surface area contributed by atoms with Crippen LogP contribution in [-0.4, -0.2) is 25.9 Å². The summed E-state index contributed by atoms with van der Waals surface area (Å²) in [6.45, 7) is 2.05. The summed E-state index contributed by atoms with van der Waals surface area (Å²) in [5.41, 5.74) is 12.6. The van der Waals surface area contributed by atoms with Crippen LogP contribution in [0.4, 0.5) is 0 Å². The fourth-order valence-electron chi connectivity index (χ4n) is 3.25. The number of rotatable bonds is 3. The Labute approximate surface area is 133 Å². The van der Waals surface area contributed by atoms with Crippen molar-refractivity contribution in [1.82, 2.24) is 20.0 Å². The molecule has 2 aromatic heterocycles. The summed E-state index contributed by atoms with van der Waals surface area (Å²) in [5.74, 6) is -0.361. The summed E-state index contributed by atoms with van der Waals surface area (Å²) < 4.78 is 1.91. The van der Waals surface area contributed by atoms with E-state index in [9.17, 15) is 4.79 Å². The van der Waals surface area contributed by atoms with E-state index in [4.69, 9.17) is 10.8 Å². The lowest BCUT2D eigenvalue weighted by atomic mass is 9.93. The summed E-state index contributed by atoms with van der Waals surface area (Å²) in [7, 11) is 0. The van der Waals surface area contributed by atoms with Crippen LogP contribution in [0.5, 0.6) is 0 Å². The average molecular weight is 307 g/mol. The van der Waals surface area contributed by atoms with E-state index in [1.807, 2.05) is 36.0 Å². The maximum Gasteiger partial charge on any atom is 0.223 e. The zero-order valence-corrected chi connectivity index (χ0v) is 12.8. The van der Waals surface area contributed by atoms with E-state index < -0.39 is 0 Å². The number of amides is 1. The average Bonchev–Trinajstić information content (AvgIpc) is 3.11. The third-order valence-corrected chi connectivity index (χ3v) is 4.25. The van der Waals surface area contributed by atoms with Crippen LogP contribution in [0.1, 0.15) is 22.5 Å². The van der Waals surface area contributed by atoms with Gasteiger partial charge in [-0.1, -0.05) is 12.1 Å². The number of nitrogens with two attached hydrogens (primary N) is 1. The molecule has 1 aliphatic rings. The van der Waals surface area contributed by atoms with Gasteiger partial charge in [-0.3, -0.25) is 9.89 Å². The number of hydrogen-bond acceptors (Lipinski definition) is 3. The molecule has 1 aliphatic carbocycles. The van der Waals surface area contributed by atoms with Crippen LogP contribution in [0.15, 0.2) is 30.5 Å². The predicted octanol–water partition coefficient (Wildman–Crippen LogP) is 1.70. The van der Waals surface area contributed by atoms with Gasteiger partial charge in [-0.05, 0) is 37.5 Å². The van der Waals surface area contributed by atoms with Gasteiger partial charge in [0.05, 0.1) is 29.7 Å². The third-order valence-electron chi connectivity index (χ3n) is 4.25. The monoisotopic (exact) mass is 307 g/mol. The van der Waals surface area contributed by atoms with Crippen LogP contribution >= 0.6 is 0 Å². The highest BCUT2D eigenvalue weighted by Gasteiger charge is 2.27. The molecule has 0 unspecified atom stereocenters. The van der Waals surface area contributed by atoms with Crippen molar-refractivity contribution < 1.29 is 4.79 Å². The SMILES string of the molecule is Cc1cccc(-n2nc(CC(N)=O)c3c2-c2cn[nH]c2CC3)c1. The van der Waals surface area contributed by atoms with Crippen molar-refractivity contribution in [2.75, 3.05) is 0 Å². The summed E-state index contributed by atoms with van der Waals surface area (Å²) in [5, 5.41) is 11.9. The zero-order valence-electron chi connectivity index (χ0n) is 12.8. The Bertz CT molecular complexity index is 906. The van der Waals surface area contributed by atoms with Gasteiger partial charge in [0.1, 0.15) is 0 Å². The van der Waals surface area contributed by atoms with Crippen LogP contribution in [-0.2, 0) is 24.1 Å². The Kier molecular flexibility index (Phi) is 3.04. The fraction of sp³-hybridized carbons (Fsp3) is 0.235. The fourth-order valence-corrected chi connectivity index (χ4v) is 3.25. The number of fused-ring (bicyclic) bond motifs is 3. The Balaban J connectivity index is 1.96. The lowest BCUT2D eigenvalue weighted by Gasteiger charge is -2.15. The van der Waals surface area contributed by atoms with Crippen LogP contribution < -0.4 is 5.73 Å². The molecule has 116 valence electrons. The number of nitrogens with one attached hydrogen (secondary N) is 1. The Morgan fingerprint density at radius 3 is 3.04 bits per heavy atom. The number of benzene rings is 1. The summed E-state index contributed by atoms with van der Waals surface area (Å²) in [4.78, 5) is 11.4. The molecule has 2 heterocycles. The van der Waals surface area contributed by atoms with Crippen LogP contribution in [0.25, 0.3) is 16.9 Å². The van der Waals surface area contributed by atoms with Crippen LogP contribution in [0, 0.1) is 6.92 Å². The second-order valence-electron chi connectivity index (χ2n) is 5.93. The lowest BCUT2D eigenvalue weighted by molar-refractivity contribution is -0.117. The van der Waals surface area contributed by atoms with Gasteiger partial charge in [0, 0.05) is 16.8 Å². The highest BCUT2D eigenvalue weighted by atomic mass is 16.1. The first-order chi connectivity index (χ1) is 11.1. The zero-order chi connectivity index (χ0) is 16.0. The molecular formula is C17H17N5O. The molecule has 6 nitrogen and oxygen atoms in total. The number of H-pyrrole nitrogens is 1. The molecule has 1 aromatic carbocycles. The van der Waals surface area contributed by atoms with Gasteiger partial charge >= 0.3 is 0 Å². The number of aromatic nitrogens is 4. The van der Waals surface area contributed by atoms with Gasteiger partial charge in [-0.2, -0.15) is 10.2 Å². The van der Waals surface area contributed by atoms with E-state index in [-0.39, 0.29) is 12.3 Å². The quantitative estimate of drug-likeness (QED) is 0.771. The largest absolute Gasteiger partial charge is 0.369 e. The molecule has 0 bridgehead atoms. The highest BCUT2D eigenvalue weighted by Crippen LogP contribution is 2.36. The number of aryl methyl sites for hydroxylation is 2. The number of aromatic amines is 1. The smallest absolute Gasteiger partial charge is 0.223 e. The molecule has 0 spiro atoms. The maximum absolute atomic E-state index is 11.4. The summed E-state index contributed by atoms with van der Waals surface area (Å²) >= 11 is 0. The molecule has 0 saturated heterocycles. The molecule has 23 heavy (non-hydrogen) atoms. The van der Waals surface area contributed by atoms with E-state index >= 15 is 0 Å². The van der Waals surface area contributed by atoms with Gasteiger partial charge in [-0.25, -0.2) is 4.68 Å². The second kappa shape index (κ2) is 5.08. The van der Waals surface area contributed by atoms with Gasteiger partial charge in [0.25, 0.3) is 0 Å². The van der Waals surface area contributed by atoms with E-state index in [0.717, 1.165) is 52.3 Å². The minimum Gasteiger partial charge on any atom is -0.369 e. The van der Waals surface area contributed by atoms with Crippen molar-refractivity contribution in [1.29, 1.82) is 0 Å². The van der Waals surface area contributed by atoms with Gasteiger partial charge in [-0.15, -0.1) is 0 Å². The van der Waals surface area contributed by atoms with Crippen molar-refractivity contribution in [2.24, 2.45) is 5.73 Å². The Morgan fingerprint density at radius 1 is 1.39 bits per heavy atom. The molecule has 6 heteroatoms. The van der Waals surface area contributed by atoms with Crippen molar-refractivity contribution in [3.05, 3.63) is 53.0 Å². The number of carbonyl (C=O) groups is 1. The molecule has 0 aliphatic heterocycles. The number of nitrogens with zero attached hydrogens (tertiary/aromatic N) is 3. The first-order valence-electron chi connectivity index (χ1n) is 7.62. The van der Waals surface area contributed by atoms with Crippen molar-refractivity contribution in [3.8, 4) is 16.9 Å². The van der Waals surface area contributed by atoms with Crippen molar-refractivity contribution >= 4 is 5.91 Å². The maximum atomic E-state index is 11.4. The van der Waals surface area contributed by atoms with Gasteiger partial charge in [0.2, 0.25) is 5.91 Å². The van der Waals surface area contributed by atoms with E-state index in [0.29, 0.717) is 0 Å². The van der Waals surface area contributed by atoms with E-state index in [2.05, 4.69) is 16.3 Å². The topological polar surface area (TPSA) is 89.6 Å². The lowest BCUT2D eigenvalue weighted by Crippen LogP contribution is -2.15. The number of hydrogen-bond donors (Lipinski definition) is 2. The predicted molar refractivity (Wildman–Crippen MR) is 86.2 cm³/mol. The molecule has 4 rings (SSSR count). The third kappa shape index (κ3) is 2.23. The Hall–Kier alpha value is -2.89. The molecule has 0 radical (unpaired) electrons. The van der Waals surface area contributed by atoms with E-state index in [1.54, 1.807) is 0 Å². The second-order valence-corrected chi connectivity index (χ2v) is 5.93. The minimum atomic E-state index is -0.361. The highest BCUT2D eigenvalue weighted by molar-refractivity contribution is 5.79. The minimum absolute atomic E-state index is 0.161. The van der Waals surface area contributed by atoms with Crippen LogP contribution in [0.3, 0.4) is 0 Å². The molecule has 3 N–H and O–H groups in total. The van der Waals surface area contributed by atoms with Crippen molar-refractivity contribution in [3.63, 3.8) is 0 Å². The summed E-state index contributed by atoms with van der Waals surface area (Å²) in [6, 6.07) is 8.15. The molecule has 3 aromatic rings. The van der Waals surface area contributed by atoms with Crippen molar-refractivity contribution in [2.45, 2.75) is 26.2 Å². The van der Waals surface area contributed by atoms with E-state index in [1.165, 1.54) is 0 Å². The standard InChI is InChI=1S/C17H17N5O/c1-10-3-2-4-11(7-10)22-17-12(15(21-22)8-16(18)23)5-6-14-13(17)9-19-20-14/h2-4,7,9H,5-6,8H2,1H3,(H2,18,23)(H,19,20). The molecule has 0 saturated carbocycles. The molecule has 0 fully saturated rings.